The Morgan fingerprint density at radius 1 is 1.27 bits per heavy atom. The van der Waals surface area contributed by atoms with Crippen molar-refractivity contribution >= 4 is 0 Å². The lowest BCUT2D eigenvalue weighted by Gasteiger charge is -2.36. The van der Waals surface area contributed by atoms with Gasteiger partial charge in [0.05, 0.1) is 31.8 Å². The van der Waals surface area contributed by atoms with Crippen LogP contribution in [0.4, 0.5) is 0 Å². The molecule has 0 saturated carbocycles. The largest absolute Gasteiger partial charge is 0.396 e. The van der Waals surface area contributed by atoms with Gasteiger partial charge in [0.25, 0.3) is 0 Å². The molecule has 66 valence electrons. The fraction of sp³-hybridized carbons (Fsp3) is 1.00. The molecule has 11 heavy (non-hydrogen) atoms. The van der Waals surface area contributed by atoms with Gasteiger partial charge in [0.2, 0.25) is 0 Å². The quantitative estimate of drug-likeness (QED) is 0.566. The van der Waals surface area contributed by atoms with Crippen LogP contribution >= 0.6 is 0 Å². The Morgan fingerprint density at radius 2 is 1.73 bits per heavy atom. The van der Waals surface area contributed by atoms with E-state index in [0.29, 0.717) is 13.2 Å². The van der Waals surface area contributed by atoms with Crippen LogP contribution in [-0.2, 0) is 9.47 Å². The fourth-order valence-electron chi connectivity index (χ4n) is 0.911. The molecule has 0 amide bonds. The molecule has 0 aromatic rings. The van der Waals surface area contributed by atoms with Gasteiger partial charge in [0.1, 0.15) is 0 Å². The number of hydrogen-bond donors (Lipinski definition) is 2. The molecule has 1 fully saturated rings. The average Bonchev–Trinajstić information content (AvgIpc) is 2.07. The summed E-state index contributed by atoms with van der Waals surface area (Å²) in [7, 11) is 0. The Morgan fingerprint density at radius 3 is 2.09 bits per heavy atom. The molecule has 0 aromatic heterocycles. The van der Waals surface area contributed by atoms with Crippen LogP contribution in [0.5, 0.6) is 0 Å². The molecule has 1 aliphatic heterocycles. The third-order valence-corrected chi connectivity index (χ3v) is 1.92. The maximum absolute atomic E-state index is 8.91. The highest BCUT2D eigenvalue weighted by atomic mass is 16.7. The van der Waals surface area contributed by atoms with Crippen molar-refractivity contribution in [1.82, 2.24) is 0 Å². The third kappa shape index (κ3) is 1.90. The van der Waals surface area contributed by atoms with Crippen LogP contribution in [0.1, 0.15) is 6.92 Å². The summed E-state index contributed by atoms with van der Waals surface area (Å²) in [6.45, 7) is 2.31. The van der Waals surface area contributed by atoms with Crippen LogP contribution in [0.15, 0.2) is 0 Å². The molecule has 0 aliphatic carbocycles. The van der Waals surface area contributed by atoms with Gasteiger partial charge in [-0.05, 0) is 6.92 Å². The molecular formula is C7H14O4. The van der Waals surface area contributed by atoms with Gasteiger partial charge in [0.15, 0.2) is 6.29 Å². The summed E-state index contributed by atoms with van der Waals surface area (Å²) in [5, 5.41) is 17.8. The Hall–Kier alpha value is -0.160. The van der Waals surface area contributed by atoms with Crippen molar-refractivity contribution in [2.45, 2.75) is 13.2 Å². The van der Waals surface area contributed by atoms with Gasteiger partial charge in [-0.3, -0.25) is 0 Å². The molecule has 0 aromatic carbocycles. The van der Waals surface area contributed by atoms with E-state index in [9.17, 15) is 0 Å². The van der Waals surface area contributed by atoms with Crippen molar-refractivity contribution in [3.63, 3.8) is 0 Å². The molecular weight excluding hydrogens is 148 g/mol. The van der Waals surface area contributed by atoms with E-state index in [-0.39, 0.29) is 19.5 Å². The fourth-order valence-corrected chi connectivity index (χ4v) is 0.911. The van der Waals surface area contributed by atoms with Gasteiger partial charge >= 0.3 is 0 Å². The lowest BCUT2D eigenvalue weighted by atomic mass is 9.92. The van der Waals surface area contributed by atoms with Crippen LogP contribution in [0.3, 0.4) is 0 Å². The summed E-state index contributed by atoms with van der Waals surface area (Å²) in [5.41, 5.74) is -0.591. The molecule has 2 N–H and O–H groups in total. The first kappa shape index (κ1) is 8.93. The van der Waals surface area contributed by atoms with Gasteiger partial charge in [-0.25, -0.2) is 0 Å². The first-order chi connectivity index (χ1) is 5.22. The zero-order valence-corrected chi connectivity index (χ0v) is 6.62. The van der Waals surface area contributed by atoms with E-state index in [1.807, 2.05) is 0 Å². The molecule has 0 radical (unpaired) electrons. The monoisotopic (exact) mass is 162 g/mol. The van der Waals surface area contributed by atoms with E-state index >= 15 is 0 Å². The number of rotatable bonds is 2. The van der Waals surface area contributed by atoms with Gasteiger partial charge in [-0.2, -0.15) is 0 Å². The number of aliphatic hydroxyl groups excluding tert-OH is 2. The maximum atomic E-state index is 8.91. The summed E-state index contributed by atoms with van der Waals surface area (Å²) < 4.78 is 10.3. The lowest BCUT2D eigenvalue weighted by Crippen LogP contribution is -2.45. The summed E-state index contributed by atoms with van der Waals surface area (Å²) >= 11 is 0. The highest BCUT2D eigenvalue weighted by Gasteiger charge is 2.34. The Labute approximate surface area is 65.7 Å². The first-order valence-electron chi connectivity index (χ1n) is 3.67. The molecule has 0 spiro atoms. The molecule has 0 unspecified atom stereocenters. The van der Waals surface area contributed by atoms with Gasteiger partial charge in [-0.15, -0.1) is 0 Å². The van der Waals surface area contributed by atoms with Crippen molar-refractivity contribution in [2.24, 2.45) is 5.41 Å². The van der Waals surface area contributed by atoms with Crippen molar-refractivity contribution in [1.29, 1.82) is 0 Å². The zero-order chi connectivity index (χ0) is 8.32. The zero-order valence-electron chi connectivity index (χ0n) is 6.62. The highest BCUT2D eigenvalue weighted by molar-refractivity contribution is 4.79. The second kappa shape index (κ2) is 3.49. The summed E-state index contributed by atoms with van der Waals surface area (Å²) in [5.74, 6) is 0. The molecule has 1 saturated heterocycles. The SMILES string of the molecule is CC1OCC(CO)(CO)CO1. The number of aliphatic hydroxyl groups is 2. The third-order valence-electron chi connectivity index (χ3n) is 1.92. The normalized spacial score (nSPS) is 25.4. The number of ether oxygens (including phenoxy) is 2. The minimum absolute atomic E-state index is 0.101. The average molecular weight is 162 g/mol. The van der Waals surface area contributed by atoms with Crippen LogP contribution in [-0.4, -0.2) is 42.9 Å². The van der Waals surface area contributed by atoms with E-state index in [0.717, 1.165) is 0 Å². The predicted octanol–water partition coefficient (Wildman–Crippen LogP) is -0.650. The second-order valence-electron chi connectivity index (χ2n) is 3.01. The molecule has 0 bridgehead atoms. The summed E-state index contributed by atoms with van der Waals surface area (Å²) in [6.07, 6.45) is -0.221. The minimum atomic E-state index is -0.591. The Balaban J connectivity index is 2.45. The van der Waals surface area contributed by atoms with Gasteiger partial charge in [0, 0.05) is 0 Å². The van der Waals surface area contributed by atoms with Crippen LogP contribution in [0.25, 0.3) is 0 Å². The van der Waals surface area contributed by atoms with E-state index in [2.05, 4.69) is 0 Å². The molecule has 1 rings (SSSR count). The lowest BCUT2D eigenvalue weighted by molar-refractivity contribution is -0.235. The smallest absolute Gasteiger partial charge is 0.154 e. The summed E-state index contributed by atoms with van der Waals surface area (Å²) in [6, 6.07) is 0. The topological polar surface area (TPSA) is 58.9 Å². The van der Waals surface area contributed by atoms with Crippen LogP contribution < -0.4 is 0 Å². The van der Waals surface area contributed by atoms with E-state index in [1.165, 1.54) is 0 Å². The standard InChI is InChI=1S/C7H14O4/c1-6-10-4-7(2-8,3-9)5-11-6/h6,8-9H,2-5H2,1H3. The van der Waals surface area contributed by atoms with Crippen LogP contribution in [0.2, 0.25) is 0 Å². The Kier molecular flexibility index (Phi) is 2.84. The maximum Gasteiger partial charge on any atom is 0.154 e. The highest BCUT2D eigenvalue weighted by Crippen LogP contribution is 2.22. The minimum Gasteiger partial charge on any atom is -0.396 e. The van der Waals surface area contributed by atoms with Crippen molar-refractivity contribution < 1.29 is 19.7 Å². The van der Waals surface area contributed by atoms with E-state index in [4.69, 9.17) is 19.7 Å². The first-order valence-corrected chi connectivity index (χ1v) is 3.67. The second-order valence-corrected chi connectivity index (χ2v) is 3.01. The van der Waals surface area contributed by atoms with Crippen molar-refractivity contribution in [3.8, 4) is 0 Å². The van der Waals surface area contributed by atoms with Gasteiger partial charge in [-0.1, -0.05) is 0 Å². The summed E-state index contributed by atoms with van der Waals surface area (Å²) in [4.78, 5) is 0. The Bertz CT molecular complexity index is 112. The van der Waals surface area contributed by atoms with E-state index in [1.54, 1.807) is 6.92 Å². The van der Waals surface area contributed by atoms with Crippen LogP contribution in [0, 0.1) is 5.41 Å². The number of hydrogen-bond acceptors (Lipinski definition) is 4. The molecule has 4 heteroatoms. The molecule has 0 atom stereocenters. The molecule has 1 heterocycles. The van der Waals surface area contributed by atoms with Crippen molar-refractivity contribution in [3.05, 3.63) is 0 Å². The predicted molar refractivity (Wildman–Crippen MR) is 38.0 cm³/mol. The molecule has 4 nitrogen and oxygen atoms in total. The van der Waals surface area contributed by atoms with E-state index < -0.39 is 5.41 Å². The van der Waals surface area contributed by atoms with Crippen molar-refractivity contribution in [2.75, 3.05) is 26.4 Å². The van der Waals surface area contributed by atoms with Gasteiger partial charge < -0.3 is 19.7 Å². The molecule has 1 aliphatic rings.